The third kappa shape index (κ3) is 4.71. The fourth-order valence-electron chi connectivity index (χ4n) is 3.19. The van der Waals surface area contributed by atoms with Crippen LogP contribution in [0.15, 0.2) is 18.2 Å². The van der Waals surface area contributed by atoms with Gasteiger partial charge < -0.3 is 20.0 Å². The molecule has 0 bridgehead atoms. The first kappa shape index (κ1) is 17.3. The fourth-order valence-corrected chi connectivity index (χ4v) is 3.19. The summed E-state index contributed by atoms with van der Waals surface area (Å²) in [6.07, 6.45) is 4.82. The molecule has 1 saturated carbocycles. The lowest BCUT2D eigenvalue weighted by Crippen LogP contribution is -2.38. The van der Waals surface area contributed by atoms with Gasteiger partial charge in [-0.25, -0.2) is 0 Å². The van der Waals surface area contributed by atoms with Crippen molar-refractivity contribution in [1.82, 2.24) is 5.32 Å². The minimum absolute atomic E-state index is 0.00708. The Hall–Kier alpha value is -2.04. The number of nitrogens with one attached hydrogen (secondary N) is 1. The number of methoxy groups -OCH3 is 1. The first-order valence-electron chi connectivity index (χ1n) is 8.16. The second kappa shape index (κ2) is 7.99. The Morgan fingerprint density at radius 1 is 1.30 bits per heavy atom. The number of benzene rings is 1. The molecule has 1 unspecified atom stereocenters. The largest absolute Gasteiger partial charge is 0.550 e. The number of hydrogen-bond donors (Lipinski definition) is 1. The number of ether oxygens (including phenoxy) is 1. The van der Waals surface area contributed by atoms with Gasteiger partial charge in [0.15, 0.2) is 0 Å². The van der Waals surface area contributed by atoms with E-state index in [4.69, 9.17) is 4.74 Å². The average Bonchev–Trinajstić information content (AvgIpc) is 2.54. The number of aliphatic carboxylic acids is 1. The molecule has 1 fully saturated rings. The summed E-state index contributed by atoms with van der Waals surface area (Å²) in [7, 11) is 1.59. The molecule has 126 valence electrons. The number of amides is 1. The summed E-state index contributed by atoms with van der Waals surface area (Å²) in [6.45, 7) is 1.89. The van der Waals surface area contributed by atoms with Gasteiger partial charge >= 0.3 is 0 Å². The molecule has 1 amide bonds. The molecule has 0 spiro atoms. The highest BCUT2D eigenvalue weighted by Crippen LogP contribution is 2.27. The SMILES string of the molecule is COc1ccc(C(CC(=O)[O-])NC(=O)C2CCCCC2)cc1C. The van der Waals surface area contributed by atoms with Gasteiger partial charge in [0.05, 0.1) is 13.2 Å². The molecular formula is C18H24NO4-. The third-order valence-corrected chi connectivity index (χ3v) is 4.48. The molecule has 5 nitrogen and oxygen atoms in total. The third-order valence-electron chi connectivity index (χ3n) is 4.48. The van der Waals surface area contributed by atoms with Crippen molar-refractivity contribution in [2.75, 3.05) is 7.11 Å². The summed E-state index contributed by atoms with van der Waals surface area (Å²) < 4.78 is 5.22. The number of carboxylic acid groups (broad SMARTS) is 1. The maximum atomic E-state index is 12.4. The van der Waals surface area contributed by atoms with Crippen molar-refractivity contribution >= 4 is 11.9 Å². The van der Waals surface area contributed by atoms with Crippen LogP contribution in [-0.2, 0) is 9.59 Å². The lowest BCUT2D eigenvalue weighted by molar-refractivity contribution is -0.306. The standard InChI is InChI=1S/C18H25NO4/c1-12-10-14(8-9-16(12)23-2)15(11-17(20)21)19-18(22)13-6-4-3-5-7-13/h8-10,13,15H,3-7,11H2,1-2H3,(H,19,22)(H,20,21)/p-1. The molecule has 5 heteroatoms. The van der Waals surface area contributed by atoms with E-state index in [2.05, 4.69) is 5.32 Å². The first-order chi connectivity index (χ1) is 11.0. The Morgan fingerprint density at radius 2 is 2.00 bits per heavy atom. The Bertz CT molecular complexity index is 564. The van der Waals surface area contributed by atoms with Crippen molar-refractivity contribution in [3.63, 3.8) is 0 Å². The molecule has 0 saturated heterocycles. The van der Waals surface area contributed by atoms with Crippen LogP contribution in [0.4, 0.5) is 0 Å². The van der Waals surface area contributed by atoms with E-state index in [0.717, 1.165) is 42.6 Å². The molecule has 23 heavy (non-hydrogen) atoms. The van der Waals surface area contributed by atoms with Crippen molar-refractivity contribution < 1.29 is 19.4 Å². The normalized spacial score (nSPS) is 16.6. The lowest BCUT2D eigenvalue weighted by Gasteiger charge is -2.26. The van der Waals surface area contributed by atoms with Gasteiger partial charge in [-0.2, -0.15) is 0 Å². The summed E-state index contributed by atoms with van der Waals surface area (Å²) in [5.74, 6) is -0.497. The van der Waals surface area contributed by atoms with Crippen LogP contribution in [0, 0.1) is 12.8 Å². The molecular weight excluding hydrogens is 294 g/mol. The Balaban J connectivity index is 2.14. The summed E-state index contributed by atoms with van der Waals surface area (Å²) in [5, 5.41) is 14.0. The number of carbonyl (C=O) groups excluding carboxylic acids is 2. The molecule has 0 aliphatic heterocycles. The number of aryl methyl sites for hydroxylation is 1. The molecule has 1 aromatic rings. The monoisotopic (exact) mass is 318 g/mol. The Labute approximate surface area is 137 Å². The van der Waals surface area contributed by atoms with Gasteiger partial charge in [-0.15, -0.1) is 0 Å². The minimum atomic E-state index is -1.17. The fraction of sp³-hybridized carbons (Fsp3) is 0.556. The van der Waals surface area contributed by atoms with Crippen molar-refractivity contribution in [3.05, 3.63) is 29.3 Å². The lowest BCUT2D eigenvalue weighted by atomic mass is 9.88. The van der Waals surface area contributed by atoms with E-state index in [0.29, 0.717) is 0 Å². The topological polar surface area (TPSA) is 78.5 Å². The predicted molar refractivity (Wildman–Crippen MR) is 84.8 cm³/mol. The van der Waals surface area contributed by atoms with Crippen molar-refractivity contribution in [2.45, 2.75) is 51.5 Å². The molecule has 1 N–H and O–H groups in total. The summed E-state index contributed by atoms with van der Waals surface area (Å²) >= 11 is 0. The van der Waals surface area contributed by atoms with Crippen LogP contribution in [0.3, 0.4) is 0 Å². The van der Waals surface area contributed by atoms with E-state index >= 15 is 0 Å². The smallest absolute Gasteiger partial charge is 0.223 e. The maximum absolute atomic E-state index is 12.4. The highest BCUT2D eigenvalue weighted by atomic mass is 16.5. The second-order valence-corrected chi connectivity index (χ2v) is 6.20. The van der Waals surface area contributed by atoms with E-state index in [-0.39, 0.29) is 18.2 Å². The quantitative estimate of drug-likeness (QED) is 0.868. The summed E-state index contributed by atoms with van der Waals surface area (Å²) in [6, 6.07) is 4.87. The molecule has 0 aromatic heterocycles. The van der Waals surface area contributed by atoms with Crippen LogP contribution in [0.1, 0.15) is 55.7 Å². The van der Waals surface area contributed by atoms with E-state index in [1.165, 1.54) is 6.42 Å². The Kier molecular flexibility index (Phi) is 6.02. The molecule has 0 heterocycles. The first-order valence-corrected chi connectivity index (χ1v) is 8.16. The van der Waals surface area contributed by atoms with Gasteiger partial charge in [-0.3, -0.25) is 4.79 Å². The van der Waals surface area contributed by atoms with Gasteiger partial charge in [0.25, 0.3) is 0 Å². The molecule has 1 atom stereocenters. The highest BCUT2D eigenvalue weighted by Gasteiger charge is 2.24. The van der Waals surface area contributed by atoms with E-state index < -0.39 is 12.0 Å². The zero-order valence-electron chi connectivity index (χ0n) is 13.8. The molecule has 0 radical (unpaired) electrons. The number of hydrogen-bond acceptors (Lipinski definition) is 4. The number of rotatable bonds is 6. The zero-order valence-corrected chi connectivity index (χ0v) is 13.8. The highest BCUT2D eigenvalue weighted by molar-refractivity contribution is 5.80. The summed E-state index contributed by atoms with van der Waals surface area (Å²) in [5.41, 5.74) is 1.66. The molecule has 1 aromatic carbocycles. The van der Waals surface area contributed by atoms with Crippen LogP contribution >= 0.6 is 0 Å². The van der Waals surface area contributed by atoms with Gasteiger partial charge in [0.1, 0.15) is 5.75 Å². The van der Waals surface area contributed by atoms with Crippen LogP contribution in [0.5, 0.6) is 5.75 Å². The summed E-state index contributed by atoms with van der Waals surface area (Å²) in [4.78, 5) is 23.5. The maximum Gasteiger partial charge on any atom is 0.223 e. The van der Waals surface area contributed by atoms with Crippen molar-refractivity contribution in [2.24, 2.45) is 5.92 Å². The molecule has 1 aliphatic rings. The van der Waals surface area contributed by atoms with Gasteiger partial charge in [0, 0.05) is 18.3 Å². The Morgan fingerprint density at radius 3 is 2.57 bits per heavy atom. The van der Waals surface area contributed by atoms with Crippen molar-refractivity contribution in [1.29, 1.82) is 0 Å². The minimum Gasteiger partial charge on any atom is -0.550 e. The van der Waals surface area contributed by atoms with Crippen molar-refractivity contribution in [3.8, 4) is 5.75 Å². The predicted octanol–water partition coefficient (Wildman–Crippen LogP) is 1.88. The van der Waals surface area contributed by atoms with Gasteiger partial charge in [-0.1, -0.05) is 31.4 Å². The molecule has 1 aliphatic carbocycles. The van der Waals surface area contributed by atoms with E-state index in [1.807, 2.05) is 13.0 Å². The van der Waals surface area contributed by atoms with Crippen LogP contribution in [0.2, 0.25) is 0 Å². The number of carbonyl (C=O) groups is 2. The van der Waals surface area contributed by atoms with Gasteiger partial charge in [0.2, 0.25) is 5.91 Å². The average molecular weight is 318 g/mol. The van der Waals surface area contributed by atoms with Crippen LogP contribution < -0.4 is 15.2 Å². The van der Waals surface area contributed by atoms with E-state index in [1.54, 1.807) is 19.2 Å². The van der Waals surface area contributed by atoms with E-state index in [9.17, 15) is 14.7 Å². The zero-order chi connectivity index (χ0) is 16.8. The van der Waals surface area contributed by atoms with Gasteiger partial charge in [-0.05, 0) is 37.0 Å². The molecule has 2 rings (SSSR count). The number of carboxylic acids is 1. The van der Waals surface area contributed by atoms with Crippen LogP contribution in [0.25, 0.3) is 0 Å². The van der Waals surface area contributed by atoms with Crippen LogP contribution in [-0.4, -0.2) is 19.0 Å². The second-order valence-electron chi connectivity index (χ2n) is 6.20.